The summed E-state index contributed by atoms with van der Waals surface area (Å²) in [4.78, 5) is 9.83. The number of aromatic hydroxyl groups is 2. The summed E-state index contributed by atoms with van der Waals surface area (Å²) in [7, 11) is 0. The van der Waals surface area contributed by atoms with E-state index in [1.807, 2.05) is 106 Å². The van der Waals surface area contributed by atoms with E-state index in [1.165, 1.54) is 0 Å². The van der Waals surface area contributed by atoms with E-state index in [4.69, 9.17) is 9.97 Å². The molecule has 0 spiro atoms. The Bertz CT molecular complexity index is 1530. The van der Waals surface area contributed by atoms with Crippen LogP contribution in [-0.4, -0.2) is 29.3 Å². The molecule has 2 heterocycles. The minimum Gasteiger partial charge on any atom is -0.507 e. The summed E-state index contributed by atoms with van der Waals surface area (Å²) < 4.78 is 3.90. The molecule has 2 N–H and O–H groups in total. The summed E-state index contributed by atoms with van der Waals surface area (Å²) in [5.74, 6) is 1.51. The molecule has 0 amide bonds. The number of hydrogen-bond donors (Lipinski definition) is 2. The Kier molecular flexibility index (Phi) is 5.31. The highest BCUT2D eigenvalue weighted by molar-refractivity contribution is 5.73. The van der Waals surface area contributed by atoms with Gasteiger partial charge >= 0.3 is 0 Å². The first-order valence-electron chi connectivity index (χ1n) is 11.6. The van der Waals surface area contributed by atoms with Crippen molar-refractivity contribution >= 4 is 0 Å². The second kappa shape index (κ2) is 8.92. The molecule has 0 radical (unpaired) electrons. The Morgan fingerprint density at radius 2 is 0.806 bits per heavy atom. The van der Waals surface area contributed by atoms with E-state index in [-0.39, 0.29) is 11.5 Å². The molecule has 0 bridgehead atoms. The third-order valence-corrected chi connectivity index (χ3v) is 6.03. The second-order valence-corrected chi connectivity index (χ2v) is 8.34. The predicted molar refractivity (Wildman–Crippen MR) is 140 cm³/mol. The Labute approximate surface area is 208 Å². The zero-order valence-corrected chi connectivity index (χ0v) is 19.2. The quantitative estimate of drug-likeness (QED) is 0.303. The summed E-state index contributed by atoms with van der Waals surface area (Å²) in [5.41, 5.74) is 4.36. The fraction of sp³-hybridized carbons (Fsp3) is 0. The van der Waals surface area contributed by atoms with Gasteiger partial charge in [-0.25, -0.2) is 9.97 Å². The molecule has 0 saturated heterocycles. The fourth-order valence-corrected chi connectivity index (χ4v) is 4.28. The van der Waals surface area contributed by atoms with Gasteiger partial charge in [0.15, 0.2) is 0 Å². The third kappa shape index (κ3) is 3.80. The lowest BCUT2D eigenvalue weighted by Crippen LogP contribution is -1.95. The lowest BCUT2D eigenvalue weighted by molar-refractivity contribution is 0.476. The van der Waals surface area contributed by atoms with Gasteiger partial charge < -0.3 is 10.2 Å². The Balaban J connectivity index is 1.57. The molecule has 0 atom stereocenters. The molecule has 0 aliphatic carbocycles. The van der Waals surface area contributed by atoms with Crippen LogP contribution in [0.3, 0.4) is 0 Å². The van der Waals surface area contributed by atoms with Crippen LogP contribution < -0.4 is 0 Å². The first-order chi connectivity index (χ1) is 17.7. The molecule has 6 rings (SSSR count). The lowest BCUT2D eigenvalue weighted by atomic mass is 10.2. The van der Waals surface area contributed by atoms with Crippen LogP contribution in [0.2, 0.25) is 0 Å². The van der Waals surface area contributed by atoms with Crippen LogP contribution in [0, 0.1) is 0 Å². The van der Waals surface area contributed by atoms with E-state index in [2.05, 4.69) is 0 Å². The van der Waals surface area contributed by atoms with Crippen molar-refractivity contribution in [2.75, 3.05) is 0 Å². The van der Waals surface area contributed by atoms with Gasteiger partial charge in [-0.3, -0.25) is 9.13 Å². The molecule has 36 heavy (non-hydrogen) atoms. The van der Waals surface area contributed by atoms with Crippen molar-refractivity contribution in [1.82, 2.24) is 19.1 Å². The Morgan fingerprint density at radius 3 is 1.19 bits per heavy atom. The predicted octanol–water partition coefficient (Wildman–Crippen LogP) is 6.47. The zero-order chi connectivity index (χ0) is 24.5. The minimum absolute atomic E-state index is 0.150. The van der Waals surface area contributed by atoms with Crippen molar-refractivity contribution in [3.8, 4) is 57.0 Å². The van der Waals surface area contributed by atoms with Gasteiger partial charge in [-0.05, 0) is 48.5 Å². The molecule has 6 nitrogen and oxygen atoms in total. The fourth-order valence-electron chi connectivity index (χ4n) is 4.28. The normalized spacial score (nSPS) is 11.0. The third-order valence-electron chi connectivity index (χ3n) is 6.03. The van der Waals surface area contributed by atoms with Gasteiger partial charge in [0.25, 0.3) is 0 Å². The molecule has 0 fully saturated rings. The highest BCUT2D eigenvalue weighted by Crippen LogP contribution is 2.35. The Morgan fingerprint density at radius 1 is 0.444 bits per heavy atom. The average Bonchev–Trinajstić information content (AvgIpc) is 3.56. The largest absolute Gasteiger partial charge is 0.507 e. The van der Waals surface area contributed by atoms with Crippen LogP contribution in [0.15, 0.2) is 122 Å². The van der Waals surface area contributed by atoms with Gasteiger partial charge in [-0.1, -0.05) is 60.7 Å². The number of nitrogens with zero attached hydrogens (tertiary/aromatic N) is 4. The zero-order valence-electron chi connectivity index (χ0n) is 19.2. The lowest BCUT2D eigenvalue weighted by Gasteiger charge is -2.08. The number of imidazole rings is 2. The maximum atomic E-state index is 10.6. The van der Waals surface area contributed by atoms with Gasteiger partial charge in [-0.15, -0.1) is 0 Å². The van der Waals surface area contributed by atoms with Crippen LogP contribution in [0.25, 0.3) is 45.5 Å². The van der Waals surface area contributed by atoms with Crippen molar-refractivity contribution in [3.63, 3.8) is 0 Å². The number of rotatable bonds is 5. The van der Waals surface area contributed by atoms with E-state index in [1.54, 1.807) is 24.3 Å². The molecule has 2 aromatic heterocycles. The maximum Gasteiger partial charge on any atom is 0.149 e. The van der Waals surface area contributed by atoms with Gasteiger partial charge in [0.1, 0.15) is 34.5 Å². The topological polar surface area (TPSA) is 76.1 Å². The van der Waals surface area contributed by atoms with Gasteiger partial charge in [0.2, 0.25) is 0 Å². The second-order valence-electron chi connectivity index (χ2n) is 8.34. The number of phenolic OH excluding ortho intramolecular Hbond substituents is 2. The van der Waals surface area contributed by atoms with Crippen molar-refractivity contribution in [2.45, 2.75) is 0 Å². The van der Waals surface area contributed by atoms with Gasteiger partial charge in [-0.2, -0.15) is 0 Å². The number of phenols is 2. The van der Waals surface area contributed by atoms with Crippen LogP contribution in [0.1, 0.15) is 0 Å². The summed E-state index contributed by atoms with van der Waals surface area (Å²) in [6, 6.07) is 34.0. The van der Waals surface area contributed by atoms with Crippen LogP contribution >= 0.6 is 0 Å². The monoisotopic (exact) mass is 470 g/mol. The molecule has 6 aromatic rings. The molecule has 174 valence electrons. The Hall–Kier alpha value is -5.10. The standard InChI is InChI=1S/C30H22N4O2/c35-27-17-9-7-15-23(27)29-31-25(19-33(29)21-11-3-1-4-12-21)26-20-34(22-13-5-2-6-14-22)30(32-26)24-16-8-10-18-28(24)36/h1-20,35-36H. The number of aromatic nitrogens is 4. The number of benzene rings is 4. The van der Waals surface area contributed by atoms with E-state index < -0.39 is 0 Å². The summed E-state index contributed by atoms with van der Waals surface area (Å²) in [6.45, 7) is 0. The summed E-state index contributed by atoms with van der Waals surface area (Å²) >= 11 is 0. The van der Waals surface area contributed by atoms with Crippen molar-refractivity contribution in [3.05, 3.63) is 122 Å². The van der Waals surface area contributed by atoms with Crippen molar-refractivity contribution in [2.24, 2.45) is 0 Å². The van der Waals surface area contributed by atoms with Gasteiger partial charge in [0, 0.05) is 23.8 Å². The highest BCUT2D eigenvalue weighted by Gasteiger charge is 2.20. The van der Waals surface area contributed by atoms with E-state index in [0.29, 0.717) is 34.2 Å². The maximum absolute atomic E-state index is 10.6. The van der Waals surface area contributed by atoms with E-state index in [9.17, 15) is 10.2 Å². The smallest absolute Gasteiger partial charge is 0.149 e. The highest BCUT2D eigenvalue weighted by atomic mass is 16.3. The van der Waals surface area contributed by atoms with Crippen LogP contribution in [0.5, 0.6) is 11.5 Å². The van der Waals surface area contributed by atoms with E-state index in [0.717, 1.165) is 11.4 Å². The molecule has 6 heteroatoms. The summed E-state index contributed by atoms with van der Waals surface area (Å²) in [6.07, 6.45) is 3.84. The molecule has 0 unspecified atom stereocenters. The molecule has 0 aliphatic rings. The number of para-hydroxylation sites is 4. The van der Waals surface area contributed by atoms with Crippen molar-refractivity contribution < 1.29 is 10.2 Å². The first kappa shape index (κ1) is 21.4. The molecular weight excluding hydrogens is 448 g/mol. The molecule has 0 aliphatic heterocycles. The van der Waals surface area contributed by atoms with Crippen LogP contribution in [0.4, 0.5) is 0 Å². The van der Waals surface area contributed by atoms with Crippen LogP contribution in [-0.2, 0) is 0 Å². The van der Waals surface area contributed by atoms with Crippen molar-refractivity contribution in [1.29, 1.82) is 0 Å². The van der Waals surface area contributed by atoms with Gasteiger partial charge in [0.05, 0.1) is 11.1 Å². The SMILES string of the molecule is Oc1ccccc1-c1nc(-c2cn(-c3ccccc3)c(-c3ccccc3O)n2)cn1-c1ccccc1. The first-order valence-corrected chi connectivity index (χ1v) is 11.6. The average molecular weight is 471 g/mol. The molecule has 0 saturated carbocycles. The molecular formula is C30H22N4O2. The molecule has 4 aromatic carbocycles. The minimum atomic E-state index is 0.150. The summed E-state index contributed by atoms with van der Waals surface area (Å²) in [5, 5.41) is 21.2. The number of hydrogen-bond acceptors (Lipinski definition) is 4. The van der Waals surface area contributed by atoms with E-state index >= 15 is 0 Å².